The summed E-state index contributed by atoms with van der Waals surface area (Å²) in [5, 5.41) is 14.8. The number of carbonyl (C=O) groups excluding carboxylic acids is 2. The number of ether oxygens (including phenoxy) is 1. The molecule has 10 nitrogen and oxygen atoms in total. The van der Waals surface area contributed by atoms with Gasteiger partial charge >= 0.3 is 11.9 Å². The van der Waals surface area contributed by atoms with Crippen LogP contribution in [0.5, 0.6) is 5.75 Å². The average Bonchev–Trinajstić information content (AvgIpc) is 2.93. The van der Waals surface area contributed by atoms with Gasteiger partial charge in [-0.05, 0) is 35.9 Å². The lowest BCUT2D eigenvalue weighted by Crippen LogP contribution is -2.51. The first-order valence-corrected chi connectivity index (χ1v) is 11.6. The molecule has 2 amide bonds. The van der Waals surface area contributed by atoms with Gasteiger partial charge in [-0.2, -0.15) is 0 Å². The second-order valence-electron chi connectivity index (χ2n) is 8.23. The number of hydrogen-bond acceptors (Lipinski definition) is 6. The first kappa shape index (κ1) is 27.8. The summed E-state index contributed by atoms with van der Waals surface area (Å²) in [6.07, 6.45) is 3.68. The van der Waals surface area contributed by atoms with Crippen molar-refractivity contribution in [3.63, 3.8) is 0 Å². The second-order valence-corrected chi connectivity index (χ2v) is 8.23. The summed E-state index contributed by atoms with van der Waals surface area (Å²) in [4.78, 5) is 51.2. The van der Waals surface area contributed by atoms with Crippen LogP contribution in [0.15, 0.2) is 73.1 Å². The Morgan fingerprint density at radius 1 is 0.868 bits per heavy atom. The summed E-state index contributed by atoms with van der Waals surface area (Å²) >= 11 is 0. The summed E-state index contributed by atoms with van der Waals surface area (Å²) in [6, 6.07) is 17.0. The second kappa shape index (κ2) is 13.5. The maximum Gasteiger partial charge on any atom is 0.414 e. The number of pyridine rings is 1. The molecule has 4 rings (SSSR count). The molecule has 0 spiro atoms. The maximum absolute atomic E-state index is 13.8. The van der Waals surface area contributed by atoms with Gasteiger partial charge in [-0.25, -0.2) is 14.0 Å². The van der Waals surface area contributed by atoms with Crippen molar-refractivity contribution in [1.82, 2.24) is 14.8 Å². The standard InChI is InChI=1S/C25H24FN3O3.C2H2O4/c26-23-9-2-1-6-21(23)18-32-22-8-3-7-20(16-22)25(31)29-13-11-28(12-14-29)24(30)15-19-5-4-10-27-17-19;3-1(4)2(5)6/h1-10,16-17H,11-15,18H2;(H,3,4)(H,5,6). The van der Waals surface area contributed by atoms with Crippen LogP contribution >= 0.6 is 0 Å². The number of halogens is 1. The third-order valence-electron chi connectivity index (χ3n) is 5.61. The molecule has 1 saturated heterocycles. The molecule has 11 heteroatoms. The van der Waals surface area contributed by atoms with Gasteiger partial charge in [-0.15, -0.1) is 0 Å². The van der Waals surface area contributed by atoms with Gasteiger partial charge in [0.2, 0.25) is 5.91 Å². The van der Waals surface area contributed by atoms with E-state index in [9.17, 15) is 14.0 Å². The highest BCUT2D eigenvalue weighted by molar-refractivity contribution is 6.27. The zero-order valence-electron chi connectivity index (χ0n) is 20.3. The molecule has 1 aromatic heterocycles. The predicted molar refractivity (Wildman–Crippen MR) is 133 cm³/mol. The van der Waals surface area contributed by atoms with Crippen molar-refractivity contribution in [3.05, 3.63) is 95.6 Å². The van der Waals surface area contributed by atoms with Crippen LogP contribution in [-0.2, 0) is 27.4 Å². The van der Waals surface area contributed by atoms with Crippen molar-refractivity contribution in [3.8, 4) is 5.75 Å². The van der Waals surface area contributed by atoms with Crippen molar-refractivity contribution >= 4 is 23.8 Å². The third-order valence-corrected chi connectivity index (χ3v) is 5.61. The fourth-order valence-corrected chi connectivity index (χ4v) is 3.63. The SMILES string of the molecule is O=C(Cc1cccnc1)N1CCN(C(=O)c2cccc(OCc3ccccc3F)c2)CC1.O=C(O)C(=O)O. The van der Waals surface area contributed by atoms with Gasteiger partial charge in [0.15, 0.2) is 0 Å². The van der Waals surface area contributed by atoms with Crippen LogP contribution < -0.4 is 4.74 Å². The van der Waals surface area contributed by atoms with Gasteiger partial charge in [0.1, 0.15) is 18.2 Å². The topological polar surface area (TPSA) is 137 Å². The van der Waals surface area contributed by atoms with Crippen LogP contribution in [0.2, 0.25) is 0 Å². The van der Waals surface area contributed by atoms with E-state index in [1.807, 2.05) is 12.1 Å². The average molecular weight is 524 g/mol. The number of benzene rings is 2. The van der Waals surface area contributed by atoms with E-state index >= 15 is 0 Å². The number of amides is 2. The number of carbonyl (C=O) groups is 4. The highest BCUT2D eigenvalue weighted by Crippen LogP contribution is 2.18. The molecule has 0 aliphatic carbocycles. The summed E-state index contributed by atoms with van der Waals surface area (Å²) < 4.78 is 19.5. The lowest BCUT2D eigenvalue weighted by Gasteiger charge is -2.35. The van der Waals surface area contributed by atoms with Crippen molar-refractivity contribution in [2.45, 2.75) is 13.0 Å². The van der Waals surface area contributed by atoms with E-state index in [1.54, 1.807) is 64.7 Å². The Balaban J connectivity index is 0.000000599. The Kier molecular flexibility index (Phi) is 9.86. The maximum atomic E-state index is 13.8. The van der Waals surface area contributed by atoms with Crippen LogP contribution in [0.25, 0.3) is 0 Å². The largest absolute Gasteiger partial charge is 0.489 e. The molecule has 1 aliphatic heterocycles. The fourth-order valence-electron chi connectivity index (χ4n) is 3.63. The number of carboxylic acids is 2. The number of nitrogens with zero attached hydrogens (tertiary/aromatic N) is 3. The van der Waals surface area contributed by atoms with E-state index in [-0.39, 0.29) is 24.2 Å². The summed E-state index contributed by atoms with van der Waals surface area (Å²) in [6.45, 7) is 2.01. The number of aliphatic carboxylic acids is 2. The molecule has 0 atom stereocenters. The van der Waals surface area contributed by atoms with Gasteiger partial charge in [-0.1, -0.05) is 30.3 Å². The van der Waals surface area contributed by atoms with E-state index in [0.717, 1.165) is 5.56 Å². The van der Waals surface area contributed by atoms with Crippen molar-refractivity contribution < 1.29 is 38.5 Å². The van der Waals surface area contributed by atoms with Crippen molar-refractivity contribution in [2.24, 2.45) is 0 Å². The Hall–Kier alpha value is -4.80. The molecule has 0 radical (unpaired) electrons. The lowest BCUT2D eigenvalue weighted by atomic mass is 10.1. The molecule has 1 aliphatic rings. The highest BCUT2D eigenvalue weighted by Gasteiger charge is 2.25. The van der Waals surface area contributed by atoms with Gasteiger partial charge in [0.05, 0.1) is 6.42 Å². The monoisotopic (exact) mass is 523 g/mol. The van der Waals surface area contributed by atoms with Crippen LogP contribution in [0.3, 0.4) is 0 Å². The minimum absolute atomic E-state index is 0.0358. The van der Waals surface area contributed by atoms with Gasteiger partial charge < -0.3 is 24.7 Å². The molecular formula is C27H26FN3O7. The fraction of sp³-hybridized carbons (Fsp3) is 0.222. The number of aromatic nitrogens is 1. The molecule has 198 valence electrons. The number of carboxylic acid groups (broad SMARTS) is 2. The van der Waals surface area contributed by atoms with E-state index in [0.29, 0.717) is 49.5 Å². The zero-order valence-corrected chi connectivity index (χ0v) is 20.3. The van der Waals surface area contributed by atoms with Crippen molar-refractivity contribution in [1.29, 1.82) is 0 Å². The minimum Gasteiger partial charge on any atom is -0.489 e. The Morgan fingerprint density at radius 2 is 1.55 bits per heavy atom. The van der Waals surface area contributed by atoms with E-state index in [4.69, 9.17) is 24.5 Å². The lowest BCUT2D eigenvalue weighted by molar-refractivity contribution is -0.159. The van der Waals surface area contributed by atoms with Gasteiger partial charge in [0, 0.05) is 49.7 Å². The molecular weight excluding hydrogens is 497 g/mol. The smallest absolute Gasteiger partial charge is 0.414 e. The van der Waals surface area contributed by atoms with Crippen LogP contribution in [-0.4, -0.2) is 74.9 Å². The normalized spacial score (nSPS) is 12.7. The van der Waals surface area contributed by atoms with Crippen LogP contribution in [0, 0.1) is 5.82 Å². The highest BCUT2D eigenvalue weighted by atomic mass is 19.1. The zero-order chi connectivity index (χ0) is 27.5. The molecule has 2 aromatic carbocycles. The van der Waals surface area contributed by atoms with E-state index < -0.39 is 11.9 Å². The van der Waals surface area contributed by atoms with Gasteiger partial charge in [-0.3, -0.25) is 14.6 Å². The molecule has 0 bridgehead atoms. The number of piperazine rings is 1. The molecule has 1 fully saturated rings. The number of rotatable bonds is 6. The minimum atomic E-state index is -1.82. The first-order valence-electron chi connectivity index (χ1n) is 11.6. The predicted octanol–water partition coefficient (Wildman–Crippen LogP) is 2.48. The number of hydrogen-bond donors (Lipinski definition) is 2. The van der Waals surface area contributed by atoms with E-state index in [2.05, 4.69) is 4.98 Å². The quantitative estimate of drug-likeness (QED) is 0.470. The Labute approximate surface area is 217 Å². The molecule has 2 N–H and O–H groups in total. The molecule has 2 heterocycles. The molecule has 0 saturated carbocycles. The summed E-state index contributed by atoms with van der Waals surface area (Å²) in [5.41, 5.74) is 1.84. The van der Waals surface area contributed by atoms with Crippen LogP contribution in [0.4, 0.5) is 4.39 Å². The Morgan fingerprint density at radius 3 is 2.18 bits per heavy atom. The van der Waals surface area contributed by atoms with Crippen LogP contribution in [0.1, 0.15) is 21.5 Å². The van der Waals surface area contributed by atoms with Crippen molar-refractivity contribution in [2.75, 3.05) is 26.2 Å². The molecule has 0 unspecified atom stereocenters. The first-order chi connectivity index (χ1) is 18.2. The summed E-state index contributed by atoms with van der Waals surface area (Å²) in [5.74, 6) is -3.54. The summed E-state index contributed by atoms with van der Waals surface area (Å²) in [7, 11) is 0. The van der Waals surface area contributed by atoms with Gasteiger partial charge in [0.25, 0.3) is 5.91 Å². The molecule has 38 heavy (non-hydrogen) atoms. The Bertz CT molecular complexity index is 1270. The van der Waals surface area contributed by atoms with E-state index in [1.165, 1.54) is 6.07 Å². The third kappa shape index (κ3) is 8.12. The molecule has 3 aromatic rings.